The minimum atomic E-state index is -1.47. The highest BCUT2D eigenvalue weighted by atomic mass is 19.1. The Morgan fingerprint density at radius 2 is 1.57 bits per heavy atom. The lowest BCUT2D eigenvalue weighted by atomic mass is 9.76. The quantitative estimate of drug-likeness (QED) is 0.279. The maximum Gasteiger partial charge on any atom is 0.327 e. The fourth-order valence-corrected chi connectivity index (χ4v) is 5.88. The summed E-state index contributed by atoms with van der Waals surface area (Å²) in [6.07, 6.45) is 0. The molecular weight excluding hydrogens is 539 g/mol. The number of carboxylic acid groups (broad SMARTS) is 1. The molecule has 42 heavy (non-hydrogen) atoms. The van der Waals surface area contributed by atoms with Crippen LogP contribution in [0.2, 0.25) is 0 Å². The number of halogens is 1. The van der Waals surface area contributed by atoms with Gasteiger partial charge in [0.1, 0.15) is 29.1 Å². The van der Waals surface area contributed by atoms with Gasteiger partial charge in [-0.05, 0) is 79.6 Å². The van der Waals surface area contributed by atoms with Gasteiger partial charge < -0.3 is 19.2 Å². The van der Waals surface area contributed by atoms with Crippen LogP contribution in [0.3, 0.4) is 0 Å². The average molecular weight is 567 g/mol. The van der Waals surface area contributed by atoms with Crippen molar-refractivity contribution in [1.29, 1.82) is 5.26 Å². The molecule has 1 fully saturated rings. The second kappa shape index (κ2) is 11.3. The van der Waals surface area contributed by atoms with Gasteiger partial charge in [-0.25, -0.2) is 9.18 Å². The number of carbonyl (C=O) groups is 3. The maximum atomic E-state index is 14.5. The monoisotopic (exact) mass is 566 g/mol. The molecule has 0 spiro atoms. The van der Waals surface area contributed by atoms with Crippen molar-refractivity contribution in [3.8, 4) is 11.8 Å². The summed E-state index contributed by atoms with van der Waals surface area (Å²) in [6.45, 7) is 3.37. The molecule has 4 atom stereocenters. The molecule has 4 unspecified atom stereocenters. The number of Topliss-reactive ketones (excluding diaryl/α,β-unsaturated/α-hetero) is 1. The molecule has 1 N–H and O–H groups in total. The van der Waals surface area contributed by atoms with E-state index in [4.69, 9.17) is 9.15 Å². The van der Waals surface area contributed by atoms with Crippen LogP contribution in [0, 0.1) is 36.9 Å². The first-order valence-corrected chi connectivity index (χ1v) is 13.2. The van der Waals surface area contributed by atoms with E-state index in [9.17, 15) is 29.1 Å². The van der Waals surface area contributed by atoms with Crippen molar-refractivity contribution in [3.05, 3.63) is 124 Å². The summed E-state index contributed by atoms with van der Waals surface area (Å²) in [5.74, 6) is -3.55. The van der Waals surface area contributed by atoms with Crippen LogP contribution in [-0.2, 0) is 4.79 Å². The number of ketones is 1. The number of aryl methyl sites for hydroxylation is 2. The zero-order chi connectivity index (χ0) is 30.1. The lowest BCUT2D eigenvalue weighted by molar-refractivity contribution is -0.142. The predicted molar refractivity (Wildman–Crippen MR) is 150 cm³/mol. The zero-order valence-electron chi connectivity index (χ0n) is 23.1. The number of hydrogen-bond acceptors (Lipinski definition) is 6. The highest BCUT2D eigenvalue weighted by Crippen LogP contribution is 2.52. The largest absolute Gasteiger partial charge is 0.497 e. The van der Waals surface area contributed by atoms with Crippen LogP contribution in [0.15, 0.2) is 83.3 Å². The number of nitrogens with zero attached hydrogens (tertiary/aromatic N) is 2. The number of rotatable bonds is 7. The number of benzene rings is 3. The highest BCUT2D eigenvalue weighted by Gasteiger charge is 2.58. The Morgan fingerprint density at radius 1 is 0.952 bits per heavy atom. The van der Waals surface area contributed by atoms with Crippen molar-refractivity contribution in [2.75, 3.05) is 7.11 Å². The molecule has 1 saturated heterocycles. The van der Waals surface area contributed by atoms with E-state index >= 15 is 0 Å². The van der Waals surface area contributed by atoms with Crippen molar-refractivity contribution in [3.63, 3.8) is 0 Å². The van der Waals surface area contributed by atoms with Crippen molar-refractivity contribution < 1.29 is 33.0 Å². The van der Waals surface area contributed by atoms with E-state index in [-0.39, 0.29) is 16.9 Å². The van der Waals surface area contributed by atoms with Crippen LogP contribution < -0.4 is 4.74 Å². The van der Waals surface area contributed by atoms with Crippen LogP contribution >= 0.6 is 0 Å². The van der Waals surface area contributed by atoms with Gasteiger partial charge >= 0.3 is 5.97 Å². The van der Waals surface area contributed by atoms with Gasteiger partial charge in [0.15, 0.2) is 5.78 Å². The smallest absolute Gasteiger partial charge is 0.327 e. The van der Waals surface area contributed by atoms with Gasteiger partial charge in [-0.3, -0.25) is 9.59 Å². The van der Waals surface area contributed by atoms with Gasteiger partial charge in [0.25, 0.3) is 5.91 Å². The van der Waals surface area contributed by atoms with Crippen LogP contribution in [0.4, 0.5) is 4.39 Å². The van der Waals surface area contributed by atoms with E-state index in [0.29, 0.717) is 34.0 Å². The van der Waals surface area contributed by atoms with Crippen molar-refractivity contribution in [2.24, 2.45) is 5.92 Å². The number of carbonyl (C=O) groups excluding carboxylic acids is 2. The predicted octanol–water partition coefficient (Wildman–Crippen LogP) is 5.85. The summed E-state index contributed by atoms with van der Waals surface area (Å²) in [7, 11) is 1.50. The SMILES string of the molecule is COc1ccc(C2C(C(=O)c3cc(C)oc3C)C(c3ccc(C#N)cc3)N(C(=O)c3ccc(F)cc3)C2C(=O)O)cc1. The number of nitriles is 1. The fraction of sp³-hybridized carbons (Fsp3) is 0.212. The number of aliphatic carboxylic acids is 1. The van der Waals surface area contributed by atoms with Crippen molar-refractivity contribution >= 4 is 17.7 Å². The van der Waals surface area contributed by atoms with Gasteiger partial charge in [-0.1, -0.05) is 24.3 Å². The van der Waals surface area contributed by atoms with E-state index in [2.05, 4.69) is 6.07 Å². The topological polar surface area (TPSA) is 121 Å². The van der Waals surface area contributed by atoms with E-state index in [1.165, 1.54) is 24.1 Å². The van der Waals surface area contributed by atoms with Crippen molar-refractivity contribution in [2.45, 2.75) is 31.8 Å². The van der Waals surface area contributed by atoms with E-state index < -0.39 is 41.6 Å². The normalized spacial score (nSPS) is 19.7. The number of furan rings is 1. The molecule has 212 valence electrons. The summed E-state index contributed by atoms with van der Waals surface area (Å²) in [6, 6.07) is 19.0. The van der Waals surface area contributed by atoms with Crippen LogP contribution in [0.5, 0.6) is 5.75 Å². The van der Waals surface area contributed by atoms with Gasteiger partial charge in [-0.15, -0.1) is 0 Å². The average Bonchev–Trinajstić information content (AvgIpc) is 3.53. The minimum Gasteiger partial charge on any atom is -0.497 e. The lowest BCUT2D eigenvalue weighted by Crippen LogP contribution is -2.43. The van der Waals surface area contributed by atoms with Crippen molar-refractivity contribution in [1.82, 2.24) is 4.90 Å². The maximum absolute atomic E-state index is 14.5. The summed E-state index contributed by atoms with van der Waals surface area (Å²) in [4.78, 5) is 43.0. The molecule has 3 aromatic carbocycles. The Hall–Kier alpha value is -5.23. The number of methoxy groups -OCH3 is 1. The molecule has 0 radical (unpaired) electrons. The number of likely N-dealkylation sites (tertiary alicyclic amines) is 1. The molecule has 1 aliphatic rings. The summed E-state index contributed by atoms with van der Waals surface area (Å²) in [5.41, 5.74) is 1.71. The Bertz CT molecular complexity index is 1690. The van der Waals surface area contributed by atoms with E-state index in [1.807, 2.05) is 0 Å². The van der Waals surface area contributed by atoms with E-state index in [0.717, 1.165) is 12.1 Å². The lowest BCUT2D eigenvalue weighted by Gasteiger charge is -2.30. The molecule has 1 aromatic heterocycles. The van der Waals surface area contributed by atoms with Gasteiger partial charge in [0.05, 0.1) is 36.3 Å². The first-order valence-electron chi connectivity index (χ1n) is 13.2. The summed E-state index contributed by atoms with van der Waals surface area (Å²) < 4.78 is 24.7. The fourth-order valence-electron chi connectivity index (χ4n) is 5.88. The number of ether oxygens (including phenoxy) is 1. The number of carboxylic acids is 1. The molecule has 9 heteroatoms. The molecule has 4 aromatic rings. The molecule has 1 amide bonds. The Morgan fingerprint density at radius 3 is 2.10 bits per heavy atom. The summed E-state index contributed by atoms with van der Waals surface area (Å²) in [5, 5.41) is 20.1. The molecule has 0 saturated carbocycles. The highest BCUT2D eigenvalue weighted by molar-refractivity contribution is 6.04. The number of amides is 1. The van der Waals surface area contributed by atoms with Crippen LogP contribution in [0.25, 0.3) is 0 Å². The van der Waals surface area contributed by atoms with Crippen LogP contribution in [-0.4, -0.2) is 40.8 Å². The Balaban J connectivity index is 1.78. The third-order valence-electron chi connectivity index (χ3n) is 7.74. The zero-order valence-corrected chi connectivity index (χ0v) is 23.1. The van der Waals surface area contributed by atoms with E-state index in [1.54, 1.807) is 68.4 Å². The molecule has 5 rings (SSSR count). The van der Waals surface area contributed by atoms with Gasteiger partial charge in [0.2, 0.25) is 0 Å². The standard InChI is InChI=1S/C33H27FN2O6/c1-18-16-26(19(2)42-18)31(37)28-27(21-10-14-25(41-3)15-11-21)30(33(39)40)36(32(38)23-8-12-24(34)13-9-23)29(28)22-6-4-20(17-35)5-7-22/h4-16,27-30H,1-3H3,(H,39,40). The first-order chi connectivity index (χ1) is 20.1. The number of hydrogen-bond donors (Lipinski definition) is 1. The third-order valence-corrected chi connectivity index (χ3v) is 7.74. The Kier molecular flexibility index (Phi) is 7.64. The third kappa shape index (κ3) is 5.03. The second-order valence-electron chi connectivity index (χ2n) is 10.2. The molecule has 1 aliphatic heterocycles. The van der Waals surface area contributed by atoms with Gasteiger partial charge in [0, 0.05) is 11.5 Å². The Labute approximate surface area is 241 Å². The van der Waals surface area contributed by atoms with Crippen LogP contribution in [0.1, 0.15) is 60.9 Å². The molecule has 2 heterocycles. The summed E-state index contributed by atoms with van der Waals surface area (Å²) >= 11 is 0. The second-order valence-corrected chi connectivity index (χ2v) is 10.2. The molecule has 0 aliphatic carbocycles. The molecule has 0 bridgehead atoms. The first kappa shape index (κ1) is 28.3. The van der Waals surface area contributed by atoms with Gasteiger partial charge in [-0.2, -0.15) is 5.26 Å². The molecule has 8 nitrogen and oxygen atoms in total. The minimum absolute atomic E-state index is 0.0678. The molecular formula is C33H27FN2O6.